The first-order valence-electron chi connectivity index (χ1n) is 10.9. The highest BCUT2D eigenvalue weighted by Crippen LogP contribution is 2.34. The maximum absolute atomic E-state index is 13.2. The second kappa shape index (κ2) is 9.12. The van der Waals surface area contributed by atoms with Gasteiger partial charge in [0.25, 0.3) is 0 Å². The summed E-state index contributed by atoms with van der Waals surface area (Å²) in [5, 5.41) is 6.93. The number of hydrogen-bond donors (Lipinski definition) is 1. The molecule has 1 aliphatic heterocycles. The number of nitrogens with zero attached hydrogens (tertiary/aromatic N) is 2. The SMILES string of the molecule is Cc1noc(C)c1S(=O)(=O)N1CCC[C@@H](C(=O)Nc2c(C(C)C)cccc2C(C)C)C1. The molecule has 0 spiro atoms. The van der Waals surface area contributed by atoms with Crippen LogP contribution >= 0.6 is 0 Å². The largest absolute Gasteiger partial charge is 0.360 e. The Morgan fingerprint density at radius 1 is 1.16 bits per heavy atom. The lowest BCUT2D eigenvalue weighted by atomic mass is 9.91. The lowest BCUT2D eigenvalue weighted by Gasteiger charge is -2.31. The van der Waals surface area contributed by atoms with E-state index in [0.29, 0.717) is 25.1 Å². The van der Waals surface area contributed by atoms with Gasteiger partial charge >= 0.3 is 0 Å². The Kier molecular flexibility index (Phi) is 6.91. The lowest BCUT2D eigenvalue weighted by molar-refractivity contribution is -0.120. The molecule has 0 bridgehead atoms. The molecule has 1 N–H and O–H groups in total. The van der Waals surface area contributed by atoms with Crippen molar-refractivity contribution in [3.63, 3.8) is 0 Å². The van der Waals surface area contributed by atoms with Gasteiger partial charge < -0.3 is 9.84 Å². The van der Waals surface area contributed by atoms with Crippen LogP contribution in [0.5, 0.6) is 0 Å². The van der Waals surface area contributed by atoms with E-state index >= 15 is 0 Å². The van der Waals surface area contributed by atoms with Crippen LogP contribution in [-0.2, 0) is 14.8 Å². The van der Waals surface area contributed by atoms with E-state index in [4.69, 9.17) is 4.52 Å². The molecule has 0 unspecified atom stereocenters. The minimum absolute atomic E-state index is 0.112. The summed E-state index contributed by atoms with van der Waals surface area (Å²) in [7, 11) is -3.77. The quantitative estimate of drug-likeness (QED) is 0.700. The van der Waals surface area contributed by atoms with Crippen LogP contribution < -0.4 is 5.32 Å². The smallest absolute Gasteiger partial charge is 0.248 e. The third-order valence-corrected chi connectivity index (χ3v) is 8.05. The fraction of sp³-hybridized carbons (Fsp3) is 0.565. The Morgan fingerprint density at radius 2 is 1.77 bits per heavy atom. The van der Waals surface area contributed by atoms with Gasteiger partial charge in [0.05, 0.1) is 5.92 Å². The minimum atomic E-state index is -3.77. The highest BCUT2D eigenvalue weighted by atomic mass is 32.2. The van der Waals surface area contributed by atoms with Crippen molar-refractivity contribution in [1.29, 1.82) is 0 Å². The third-order valence-electron chi connectivity index (χ3n) is 5.94. The summed E-state index contributed by atoms with van der Waals surface area (Å²) in [4.78, 5) is 13.4. The maximum Gasteiger partial charge on any atom is 0.248 e. The summed E-state index contributed by atoms with van der Waals surface area (Å²) in [5.41, 5.74) is 3.39. The van der Waals surface area contributed by atoms with Crippen molar-refractivity contribution in [2.45, 2.75) is 71.1 Å². The number of nitrogens with one attached hydrogen (secondary N) is 1. The number of rotatable bonds is 6. The molecule has 0 aliphatic carbocycles. The molecule has 1 aromatic heterocycles. The number of anilines is 1. The Morgan fingerprint density at radius 3 is 2.29 bits per heavy atom. The minimum Gasteiger partial charge on any atom is -0.360 e. The maximum atomic E-state index is 13.2. The Balaban J connectivity index is 1.85. The van der Waals surface area contributed by atoms with Gasteiger partial charge in [-0.15, -0.1) is 0 Å². The van der Waals surface area contributed by atoms with E-state index in [1.165, 1.54) is 4.31 Å². The molecule has 31 heavy (non-hydrogen) atoms. The molecule has 2 aromatic rings. The normalized spacial score (nSPS) is 18.0. The van der Waals surface area contributed by atoms with Crippen molar-refractivity contribution in [2.24, 2.45) is 5.92 Å². The van der Waals surface area contributed by atoms with E-state index < -0.39 is 15.9 Å². The van der Waals surface area contributed by atoms with E-state index in [0.717, 1.165) is 16.8 Å². The zero-order valence-electron chi connectivity index (χ0n) is 19.2. The molecule has 170 valence electrons. The number of benzene rings is 1. The fourth-order valence-corrected chi connectivity index (χ4v) is 6.08. The van der Waals surface area contributed by atoms with Crippen molar-refractivity contribution >= 4 is 21.6 Å². The van der Waals surface area contributed by atoms with Crippen LogP contribution in [0.15, 0.2) is 27.6 Å². The molecule has 1 aliphatic rings. The van der Waals surface area contributed by atoms with E-state index in [-0.39, 0.29) is 34.9 Å². The Labute approximate surface area is 185 Å². The van der Waals surface area contributed by atoms with Gasteiger partial charge in [-0.1, -0.05) is 51.1 Å². The van der Waals surface area contributed by atoms with E-state index in [1.807, 2.05) is 18.2 Å². The predicted molar refractivity (Wildman–Crippen MR) is 121 cm³/mol. The molecule has 0 saturated carbocycles. The number of aryl methyl sites for hydroxylation is 2. The van der Waals surface area contributed by atoms with Gasteiger partial charge in [0.15, 0.2) is 5.76 Å². The molecule has 2 heterocycles. The predicted octanol–water partition coefficient (Wildman–Crippen LogP) is 4.58. The number of amides is 1. The van der Waals surface area contributed by atoms with Crippen LogP contribution in [-0.4, -0.2) is 36.9 Å². The summed E-state index contributed by atoms with van der Waals surface area (Å²) >= 11 is 0. The van der Waals surface area contributed by atoms with Gasteiger partial charge in [0.2, 0.25) is 15.9 Å². The second-order valence-electron chi connectivity index (χ2n) is 8.97. The van der Waals surface area contributed by atoms with Crippen molar-refractivity contribution in [3.05, 3.63) is 40.8 Å². The molecule has 0 radical (unpaired) electrons. The first-order chi connectivity index (χ1) is 14.5. The summed E-state index contributed by atoms with van der Waals surface area (Å²) in [6.07, 6.45) is 1.28. The van der Waals surface area contributed by atoms with Gasteiger partial charge in [0, 0.05) is 18.8 Å². The zero-order valence-corrected chi connectivity index (χ0v) is 20.0. The standard InChI is InChI=1S/C23H33N3O4S/c1-14(2)19-10-7-11-20(15(3)4)21(19)24-23(27)18-9-8-12-26(13-18)31(28,29)22-16(5)25-30-17(22)6/h7,10-11,14-15,18H,8-9,12-13H2,1-6H3,(H,24,27)/t18-/m1/s1. The van der Waals surface area contributed by atoms with Crippen LogP contribution in [0.4, 0.5) is 5.69 Å². The molecule has 1 atom stereocenters. The number of aromatic nitrogens is 1. The Bertz CT molecular complexity index is 1010. The van der Waals surface area contributed by atoms with Crippen LogP contribution in [0.2, 0.25) is 0 Å². The molecule has 8 heteroatoms. The monoisotopic (exact) mass is 447 g/mol. The number of hydrogen-bond acceptors (Lipinski definition) is 5. The average Bonchev–Trinajstić information content (AvgIpc) is 3.06. The fourth-order valence-electron chi connectivity index (χ4n) is 4.27. The summed E-state index contributed by atoms with van der Waals surface area (Å²) in [5.74, 6) is 0.253. The number of sulfonamides is 1. The number of piperidine rings is 1. The molecule has 1 aromatic carbocycles. The summed E-state index contributed by atoms with van der Waals surface area (Å²) in [6, 6.07) is 6.11. The van der Waals surface area contributed by atoms with E-state index in [9.17, 15) is 13.2 Å². The second-order valence-corrected chi connectivity index (χ2v) is 10.8. The van der Waals surface area contributed by atoms with Crippen molar-refractivity contribution < 1.29 is 17.7 Å². The molecule has 1 saturated heterocycles. The zero-order chi connectivity index (χ0) is 22.9. The van der Waals surface area contributed by atoms with Gasteiger partial charge in [-0.25, -0.2) is 8.42 Å². The molecular weight excluding hydrogens is 414 g/mol. The molecule has 1 amide bonds. The first kappa shape index (κ1) is 23.5. The van der Waals surface area contributed by atoms with E-state index in [1.54, 1.807) is 13.8 Å². The number of carbonyl (C=O) groups excluding carboxylic acids is 1. The van der Waals surface area contributed by atoms with Crippen LogP contribution in [0.3, 0.4) is 0 Å². The van der Waals surface area contributed by atoms with Crippen LogP contribution in [0.25, 0.3) is 0 Å². The number of carbonyl (C=O) groups is 1. The third kappa shape index (κ3) is 4.70. The molecule has 3 rings (SSSR count). The lowest BCUT2D eigenvalue weighted by Crippen LogP contribution is -2.44. The Hall–Kier alpha value is -2.19. The highest BCUT2D eigenvalue weighted by molar-refractivity contribution is 7.89. The topological polar surface area (TPSA) is 92.5 Å². The van der Waals surface area contributed by atoms with E-state index in [2.05, 4.69) is 38.2 Å². The van der Waals surface area contributed by atoms with Gasteiger partial charge in [-0.2, -0.15) is 4.31 Å². The van der Waals surface area contributed by atoms with Gasteiger partial charge in [0.1, 0.15) is 10.6 Å². The van der Waals surface area contributed by atoms with Crippen molar-refractivity contribution in [3.8, 4) is 0 Å². The number of para-hydroxylation sites is 1. The molecule has 7 nitrogen and oxygen atoms in total. The molecular formula is C23H33N3O4S. The van der Waals surface area contributed by atoms with Gasteiger partial charge in [-0.3, -0.25) is 4.79 Å². The summed E-state index contributed by atoms with van der Waals surface area (Å²) in [6.45, 7) is 12.2. The summed E-state index contributed by atoms with van der Waals surface area (Å²) < 4.78 is 32.9. The van der Waals surface area contributed by atoms with Crippen molar-refractivity contribution in [1.82, 2.24) is 9.46 Å². The molecule has 1 fully saturated rings. The highest BCUT2D eigenvalue weighted by Gasteiger charge is 2.36. The first-order valence-corrected chi connectivity index (χ1v) is 12.3. The average molecular weight is 448 g/mol. The van der Waals surface area contributed by atoms with Crippen LogP contribution in [0.1, 0.15) is 75.0 Å². The van der Waals surface area contributed by atoms with Crippen LogP contribution in [0, 0.1) is 19.8 Å². The van der Waals surface area contributed by atoms with Crippen molar-refractivity contribution in [2.75, 3.05) is 18.4 Å². The van der Waals surface area contributed by atoms with Gasteiger partial charge in [-0.05, 0) is 49.7 Å².